The van der Waals surface area contributed by atoms with E-state index in [9.17, 15) is 0 Å². The van der Waals surface area contributed by atoms with Gasteiger partial charge in [-0.25, -0.2) is 9.97 Å². The fraction of sp³-hybridized carbons (Fsp3) is 0. The van der Waals surface area contributed by atoms with E-state index in [1.54, 1.807) is 6.20 Å². The average Bonchev–Trinajstić information content (AvgIpc) is 2.96. The van der Waals surface area contributed by atoms with E-state index in [0.29, 0.717) is 15.6 Å². The summed E-state index contributed by atoms with van der Waals surface area (Å²) < 4.78 is 5.20. The Labute approximate surface area is 100 Å². The second-order valence-electron chi connectivity index (χ2n) is 3.30. The van der Waals surface area contributed by atoms with Gasteiger partial charge in [0.1, 0.15) is 16.5 Å². The van der Waals surface area contributed by atoms with E-state index in [4.69, 9.17) is 9.68 Å². The van der Waals surface area contributed by atoms with Crippen LogP contribution in [0.25, 0.3) is 11.1 Å². The van der Waals surface area contributed by atoms with Crippen molar-refractivity contribution in [3.63, 3.8) is 0 Å². The zero-order chi connectivity index (χ0) is 11.7. The largest absolute Gasteiger partial charge is 0.443 e. The van der Waals surface area contributed by atoms with Gasteiger partial charge in [-0.05, 0) is 12.1 Å². The van der Waals surface area contributed by atoms with Crippen LogP contribution in [-0.2, 0) is 0 Å². The van der Waals surface area contributed by atoms with Crippen LogP contribution in [0.3, 0.4) is 0 Å². The summed E-state index contributed by atoms with van der Waals surface area (Å²) in [5.74, 6) is 0. The van der Waals surface area contributed by atoms with Crippen molar-refractivity contribution < 1.29 is 4.42 Å². The monoisotopic (exact) mass is 242 g/mol. The number of anilines is 2. The third kappa shape index (κ3) is 1.84. The van der Waals surface area contributed by atoms with Gasteiger partial charge in [0.15, 0.2) is 17.1 Å². The summed E-state index contributed by atoms with van der Waals surface area (Å²) in [5.41, 5.74) is 2.38. The minimum atomic E-state index is 0.577. The maximum atomic E-state index is 8.70. The molecule has 0 spiro atoms. The molecule has 0 saturated heterocycles. The van der Waals surface area contributed by atoms with E-state index in [2.05, 4.69) is 15.3 Å². The lowest BCUT2D eigenvalue weighted by Crippen LogP contribution is -1.87. The van der Waals surface area contributed by atoms with Crippen LogP contribution in [0.4, 0.5) is 10.8 Å². The van der Waals surface area contributed by atoms with Gasteiger partial charge in [-0.15, -0.1) is 0 Å². The highest BCUT2D eigenvalue weighted by atomic mass is 32.1. The third-order valence-electron chi connectivity index (χ3n) is 2.20. The number of thiazole rings is 1. The van der Waals surface area contributed by atoms with Crippen molar-refractivity contribution in [2.45, 2.75) is 0 Å². The normalized spacial score (nSPS) is 10.3. The SMILES string of the molecule is N#Cc1cnc(Nc2ccc3ncoc3c2)s1. The van der Waals surface area contributed by atoms with Crippen molar-refractivity contribution in [2.75, 3.05) is 5.32 Å². The van der Waals surface area contributed by atoms with Gasteiger partial charge >= 0.3 is 0 Å². The van der Waals surface area contributed by atoms with Gasteiger partial charge < -0.3 is 9.73 Å². The highest BCUT2D eigenvalue weighted by molar-refractivity contribution is 7.16. The summed E-state index contributed by atoms with van der Waals surface area (Å²) in [6, 6.07) is 7.64. The van der Waals surface area contributed by atoms with Crippen LogP contribution in [0.15, 0.2) is 35.2 Å². The van der Waals surface area contributed by atoms with Crippen molar-refractivity contribution in [1.82, 2.24) is 9.97 Å². The maximum absolute atomic E-state index is 8.70. The maximum Gasteiger partial charge on any atom is 0.188 e. The molecule has 3 aromatic rings. The molecule has 17 heavy (non-hydrogen) atoms. The molecule has 3 rings (SSSR count). The first-order chi connectivity index (χ1) is 8.35. The lowest BCUT2D eigenvalue weighted by atomic mass is 10.3. The smallest absolute Gasteiger partial charge is 0.188 e. The molecule has 0 fully saturated rings. The zero-order valence-corrected chi connectivity index (χ0v) is 9.36. The summed E-state index contributed by atoms with van der Waals surface area (Å²) in [4.78, 5) is 8.70. The van der Waals surface area contributed by atoms with Gasteiger partial charge in [-0.2, -0.15) is 5.26 Å². The fourth-order valence-electron chi connectivity index (χ4n) is 1.44. The number of rotatable bonds is 2. The van der Waals surface area contributed by atoms with Gasteiger partial charge in [-0.3, -0.25) is 0 Å². The van der Waals surface area contributed by atoms with E-state index in [0.717, 1.165) is 11.2 Å². The van der Waals surface area contributed by atoms with Crippen LogP contribution in [0.5, 0.6) is 0 Å². The molecule has 0 aliphatic carbocycles. The first-order valence-corrected chi connectivity index (χ1v) is 5.63. The Morgan fingerprint density at radius 3 is 3.12 bits per heavy atom. The van der Waals surface area contributed by atoms with Gasteiger partial charge in [0, 0.05) is 11.8 Å². The Morgan fingerprint density at radius 1 is 1.35 bits per heavy atom. The first-order valence-electron chi connectivity index (χ1n) is 4.81. The van der Waals surface area contributed by atoms with Crippen LogP contribution >= 0.6 is 11.3 Å². The number of fused-ring (bicyclic) bond motifs is 1. The van der Waals surface area contributed by atoms with Crippen molar-refractivity contribution in [2.24, 2.45) is 0 Å². The number of oxazole rings is 1. The number of hydrogen-bond donors (Lipinski definition) is 1. The van der Waals surface area contributed by atoms with Crippen LogP contribution < -0.4 is 5.32 Å². The summed E-state index contributed by atoms with van der Waals surface area (Å²) in [6.07, 6.45) is 2.95. The van der Waals surface area contributed by atoms with E-state index in [1.165, 1.54) is 17.7 Å². The molecule has 2 heterocycles. The minimum absolute atomic E-state index is 0.577. The van der Waals surface area contributed by atoms with Crippen molar-refractivity contribution in [3.8, 4) is 6.07 Å². The molecule has 2 aromatic heterocycles. The second kappa shape index (κ2) is 3.88. The number of benzene rings is 1. The lowest BCUT2D eigenvalue weighted by molar-refractivity contribution is 0.602. The van der Waals surface area contributed by atoms with Crippen molar-refractivity contribution in [1.29, 1.82) is 5.26 Å². The van der Waals surface area contributed by atoms with E-state index in [-0.39, 0.29) is 0 Å². The van der Waals surface area contributed by atoms with Gasteiger partial charge in [0.2, 0.25) is 0 Å². The zero-order valence-electron chi connectivity index (χ0n) is 8.54. The topological polar surface area (TPSA) is 74.7 Å². The Bertz CT molecular complexity index is 709. The molecule has 0 unspecified atom stereocenters. The number of nitrogens with zero attached hydrogens (tertiary/aromatic N) is 3. The van der Waals surface area contributed by atoms with Gasteiger partial charge in [0.05, 0.1) is 6.20 Å². The quantitative estimate of drug-likeness (QED) is 0.747. The summed E-state index contributed by atoms with van der Waals surface area (Å²) >= 11 is 1.31. The molecule has 0 aliphatic rings. The summed E-state index contributed by atoms with van der Waals surface area (Å²) in [5, 5.41) is 12.5. The highest BCUT2D eigenvalue weighted by Gasteiger charge is 2.03. The number of nitriles is 1. The van der Waals surface area contributed by atoms with E-state index < -0.39 is 0 Å². The molecule has 0 atom stereocenters. The Hall–Kier alpha value is -2.39. The van der Waals surface area contributed by atoms with Gasteiger partial charge in [0.25, 0.3) is 0 Å². The molecule has 0 bridgehead atoms. The van der Waals surface area contributed by atoms with Crippen LogP contribution in [0.1, 0.15) is 4.88 Å². The Kier molecular flexibility index (Phi) is 2.24. The highest BCUT2D eigenvalue weighted by Crippen LogP contribution is 2.24. The third-order valence-corrected chi connectivity index (χ3v) is 3.02. The molecular formula is C11H6N4OS. The van der Waals surface area contributed by atoms with Gasteiger partial charge in [-0.1, -0.05) is 11.3 Å². The van der Waals surface area contributed by atoms with Crippen LogP contribution in [0.2, 0.25) is 0 Å². The van der Waals surface area contributed by atoms with Crippen molar-refractivity contribution >= 4 is 33.3 Å². The Morgan fingerprint density at radius 2 is 2.29 bits per heavy atom. The fourth-order valence-corrected chi connectivity index (χ4v) is 2.07. The van der Waals surface area contributed by atoms with E-state index in [1.807, 2.05) is 24.3 Å². The molecule has 0 radical (unpaired) electrons. The summed E-state index contributed by atoms with van der Waals surface area (Å²) in [6.45, 7) is 0. The molecule has 82 valence electrons. The van der Waals surface area contributed by atoms with Crippen LogP contribution in [-0.4, -0.2) is 9.97 Å². The lowest BCUT2D eigenvalue weighted by Gasteiger charge is -2.00. The summed E-state index contributed by atoms with van der Waals surface area (Å²) in [7, 11) is 0. The molecule has 0 aliphatic heterocycles. The van der Waals surface area contributed by atoms with Crippen LogP contribution in [0, 0.1) is 11.3 Å². The van der Waals surface area contributed by atoms with Crippen molar-refractivity contribution in [3.05, 3.63) is 35.7 Å². The molecule has 1 aromatic carbocycles. The number of nitrogens with one attached hydrogen (secondary N) is 1. The molecule has 6 heteroatoms. The molecule has 1 N–H and O–H groups in total. The van der Waals surface area contributed by atoms with E-state index >= 15 is 0 Å². The first kappa shape index (κ1) is 9.81. The molecular weight excluding hydrogens is 236 g/mol. The standard InChI is InChI=1S/C11H6N4OS/c12-4-8-5-13-11(17-8)15-7-1-2-9-10(3-7)16-6-14-9/h1-3,5-6H,(H,13,15). The molecule has 5 nitrogen and oxygen atoms in total. The number of hydrogen-bond acceptors (Lipinski definition) is 6. The number of aromatic nitrogens is 2. The molecule has 0 saturated carbocycles. The molecule has 0 amide bonds. The Balaban J connectivity index is 1.91. The minimum Gasteiger partial charge on any atom is -0.443 e. The second-order valence-corrected chi connectivity index (χ2v) is 4.33. The average molecular weight is 242 g/mol. The predicted octanol–water partition coefficient (Wildman–Crippen LogP) is 2.90. The predicted molar refractivity (Wildman–Crippen MR) is 64.1 cm³/mol.